The van der Waals surface area contributed by atoms with Gasteiger partial charge in [0.2, 0.25) is 0 Å². The summed E-state index contributed by atoms with van der Waals surface area (Å²) in [6, 6.07) is 10.4. The van der Waals surface area contributed by atoms with Crippen molar-refractivity contribution in [3.63, 3.8) is 0 Å². The van der Waals surface area contributed by atoms with Gasteiger partial charge in [0, 0.05) is 0 Å². The first kappa shape index (κ1) is 16.1. The number of para-hydroxylation sites is 1. The lowest BCUT2D eigenvalue weighted by atomic mass is 10.3. The molecule has 0 aliphatic carbocycles. The summed E-state index contributed by atoms with van der Waals surface area (Å²) in [5.74, 6) is 1.40. The fourth-order valence-corrected chi connectivity index (χ4v) is 2.32. The number of nitrogens with zero attached hydrogens (tertiary/aromatic N) is 1. The summed E-state index contributed by atoms with van der Waals surface area (Å²) in [4.78, 5) is 12.2. The zero-order valence-electron chi connectivity index (χ0n) is 13.1. The molecule has 2 heterocycles. The Morgan fingerprint density at radius 3 is 2.75 bits per heavy atom. The molecule has 3 aromatic rings. The van der Waals surface area contributed by atoms with Crippen molar-refractivity contribution in [2.45, 2.75) is 20.5 Å². The van der Waals surface area contributed by atoms with E-state index >= 15 is 0 Å². The molecule has 0 spiro atoms. The molecular formula is C17H15ClN2O4. The molecule has 0 saturated carbocycles. The molecule has 1 aromatic carbocycles. The van der Waals surface area contributed by atoms with Gasteiger partial charge in [-0.25, -0.2) is 0 Å². The predicted molar refractivity (Wildman–Crippen MR) is 88.4 cm³/mol. The number of hydrogen-bond acceptors (Lipinski definition) is 5. The lowest BCUT2D eigenvalue weighted by molar-refractivity contribution is 0.0992. The fourth-order valence-electron chi connectivity index (χ4n) is 2.12. The molecule has 24 heavy (non-hydrogen) atoms. The predicted octanol–water partition coefficient (Wildman–Crippen LogP) is 4.37. The largest absolute Gasteiger partial charge is 0.484 e. The highest BCUT2D eigenvalue weighted by molar-refractivity contribution is 6.32. The van der Waals surface area contributed by atoms with Gasteiger partial charge in [0.15, 0.2) is 11.5 Å². The minimum absolute atomic E-state index is 0.169. The van der Waals surface area contributed by atoms with E-state index in [1.807, 2.05) is 12.1 Å². The van der Waals surface area contributed by atoms with Crippen molar-refractivity contribution in [2.75, 3.05) is 5.32 Å². The number of benzene rings is 1. The Kier molecular flexibility index (Phi) is 4.57. The van der Waals surface area contributed by atoms with Crippen LogP contribution >= 0.6 is 11.6 Å². The third-order valence-electron chi connectivity index (χ3n) is 3.36. The van der Waals surface area contributed by atoms with E-state index in [0.29, 0.717) is 33.7 Å². The minimum atomic E-state index is -0.381. The number of furan rings is 1. The number of nitrogens with one attached hydrogen (secondary N) is 1. The molecule has 7 heteroatoms. The van der Waals surface area contributed by atoms with E-state index in [9.17, 15) is 4.79 Å². The third-order valence-corrected chi connectivity index (χ3v) is 3.68. The van der Waals surface area contributed by atoms with Crippen molar-refractivity contribution in [2.24, 2.45) is 0 Å². The second kappa shape index (κ2) is 6.80. The van der Waals surface area contributed by atoms with Gasteiger partial charge in [0.1, 0.15) is 29.5 Å². The van der Waals surface area contributed by atoms with Gasteiger partial charge in [-0.05, 0) is 38.1 Å². The highest BCUT2D eigenvalue weighted by Crippen LogP contribution is 2.25. The Morgan fingerprint density at radius 2 is 2.04 bits per heavy atom. The number of anilines is 1. The summed E-state index contributed by atoms with van der Waals surface area (Å²) in [7, 11) is 0. The maximum Gasteiger partial charge on any atom is 0.291 e. The third kappa shape index (κ3) is 3.44. The second-order valence-electron chi connectivity index (χ2n) is 5.14. The van der Waals surface area contributed by atoms with Gasteiger partial charge in [0.25, 0.3) is 5.91 Å². The Balaban J connectivity index is 1.65. The van der Waals surface area contributed by atoms with Crippen LogP contribution in [0, 0.1) is 13.8 Å². The molecule has 6 nitrogen and oxygen atoms in total. The fraction of sp³-hybridized carbons (Fsp3) is 0.176. The quantitative estimate of drug-likeness (QED) is 0.742. The maximum atomic E-state index is 12.2. The van der Waals surface area contributed by atoms with Crippen LogP contribution in [0.4, 0.5) is 5.69 Å². The molecule has 2 aromatic heterocycles. The zero-order chi connectivity index (χ0) is 17.1. The molecule has 0 bridgehead atoms. The number of amides is 1. The van der Waals surface area contributed by atoms with Crippen LogP contribution in [-0.4, -0.2) is 11.1 Å². The van der Waals surface area contributed by atoms with Crippen molar-refractivity contribution in [3.8, 4) is 5.75 Å². The van der Waals surface area contributed by atoms with E-state index in [1.165, 1.54) is 0 Å². The summed E-state index contributed by atoms with van der Waals surface area (Å²) >= 11 is 6.02. The molecular weight excluding hydrogens is 332 g/mol. The van der Waals surface area contributed by atoms with Gasteiger partial charge in [-0.1, -0.05) is 28.9 Å². The van der Waals surface area contributed by atoms with Crippen LogP contribution in [0.5, 0.6) is 5.75 Å². The van der Waals surface area contributed by atoms with E-state index < -0.39 is 0 Å². The summed E-state index contributed by atoms with van der Waals surface area (Å²) in [6.45, 7) is 3.64. The Hall–Kier alpha value is -2.73. The molecule has 124 valence electrons. The van der Waals surface area contributed by atoms with E-state index in [1.54, 1.807) is 38.1 Å². The number of ether oxygens (including phenoxy) is 1. The van der Waals surface area contributed by atoms with E-state index in [4.69, 9.17) is 25.3 Å². The smallest absolute Gasteiger partial charge is 0.291 e. The normalized spacial score (nSPS) is 10.6. The minimum Gasteiger partial charge on any atom is -0.484 e. The molecule has 0 unspecified atom stereocenters. The number of aromatic nitrogens is 1. The second-order valence-corrected chi connectivity index (χ2v) is 5.55. The van der Waals surface area contributed by atoms with Crippen molar-refractivity contribution < 1.29 is 18.5 Å². The number of rotatable bonds is 5. The van der Waals surface area contributed by atoms with Crippen LogP contribution < -0.4 is 10.1 Å². The van der Waals surface area contributed by atoms with Crippen LogP contribution in [0.2, 0.25) is 5.02 Å². The summed E-state index contributed by atoms with van der Waals surface area (Å²) < 4.78 is 16.1. The lowest BCUT2D eigenvalue weighted by Gasteiger charge is -2.05. The summed E-state index contributed by atoms with van der Waals surface area (Å²) in [5.41, 5.74) is 1.15. The number of carbonyl (C=O) groups is 1. The van der Waals surface area contributed by atoms with Crippen molar-refractivity contribution >= 4 is 23.2 Å². The Morgan fingerprint density at radius 1 is 1.25 bits per heavy atom. The first-order chi connectivity index (χ1) is 11.5. The zero-order valence-corrected chi connectivity index (χ0v) is 13.9. The van der Waals surface area contributed by atoms with Gasteiger partial charge in [-0.2, -0.15) is 0 Å². The highest BCUT2D eigenvalue weighted by Gasteiger charge is 2.16. The number of halogens is 1. The standard InChI is InChI=1S/C17H15ClN2O4/c1-10-16(11(2)24-20-10)19-17(21)15-8-7-12(23-15)9-22-14-6-4-3-5-13(14)18/h3-8H,9H2,1-2H3,(H,19,21). The van der Waals surface area contributed by atoms with Gasteiger partial charge >= 0.3 is 0 Å². The molecule has 0 fully saturated rings. The van der Waals surface area contributed by atoms with Gasteiger partial charge < -0.3 is 19.0 Å². The highest BCUT2D eigenvalue weighted by atomic mass is 35.5. The van der Waals surface area contributed by atoms with Crippen LogP contribution in [0.3, 0.4) is 0 Å². The lowest BCUT2D eigenvalue weighted by Crippen LogP contribution is -2.12. The SMILES string of the molecule is Cc1noc(C)c1NC(=O)c1ccc(COc2ccccc2Cl)o1. The first-order valence-corrected chi connectivity index (χ1v) is 7.62. The molecule has 0 aliphatic heterocycles. The van der Waals surface area contributed by atoms with Crippen LogP contribution in [0.25, 0.3) is 0 Å². The monoisotopic (exact) mass is 346 g/mol. The van der Waals surface area contributed by atoms with Crippen molar-refractivity contribution in [1.29, 1.82) is 0 Å². The van der Waals surface area contributed by atoms with E-state index in [2.05, 4.69) is 10.5 Å². The van der Waals surface area contributed by atoms with E-state index in [-0.39, 0.29) is 18.3 Å². The maximum absolute atomic E-state index is 12.2. The van der Waals surface area contributed by atoms with Gasteiger partial charge in [0.05, 0.1) is 5.02 Å². The Bertz CT molecular complexity index is 850. The Labute approximate surface area is 143 Å². The summed E-state index contributed by atoms with van der Waals surface area (Å²) in [5, 5.41) is 7.02. The van der Waals surface area contributed by atoms with Crippen LogP contribution in [0.1, 0.15) is 27.8 Å². The van der Waals surface area contributed by atoms with Gasteiger partial charge in [-0.15, -0.1) is 0 Å². The molecule has 1 amide bonds. The van der Waals surface area contributed by atoms with Crippen molar-refractivity contribution in [1.82, 2.24) is 5.16 Å². The number of aryl methyl sites for hydroxylation is 2. The van der Waals surface area contributed by atoms with Crippen molar-refractivity contribution in [3.05, 3.63) is 64.4 Å². The van der Waals surface area contributed by atoms with E-state index in [0.717, 1.165) is 0 Å². The average molecular weight is 347 g/mol. The molecule has 0 radical (unpaired) electrons. The average Bonchev–Trinajstić information content (AvgIpc) is 3.16. The molecule has 0 saturated heterocycles. The molecule has 3 rings (SSSR count). The van der Waals surface area contributed by atoms with Gasteiger partial charge in [-0.3, -0.25) is 4.79 Å². The number of carbonyl (C=O) groups excluding carboxylic acids is 1. The summed E-state index contributed by atoms with van der Waals surface area (Å²) in [6.07, 6.45) is 0. The molecule has 0 atom stereocenters. The van der Waals surface area contributed by atoms with Crippen LogP contribution in [-0.2, 0) is 6.61 Å². The first-order valence-electron chi connectivity index (χ1n) is 7.25. The number of hydrogen-bond donors (Lipinski definition) is 1. The molecule has 1 N–H and O–H groups in total. The molecule has 0 aliphatic rings. The topological polar surface area (TPSA) is 77.5 Å². The van der Waals surface area contributed by atoms with Crippen LogP contribution in [0.15, 0.2) is 45.3 Å².